The van der Waals surface area contributed by atoms with E-state index in [1.807, 2.05) is 39.1 Å². The Morgan fingerprint density at radius 3 is 2.57 bits per heavy atom. The Hall–Kier alpha value is -1.48. The van der Waals surface area contributed by atoms with E-state index in [2.05, 4.69) is 38.3 Å². The second-order valence-corrected chi connectivity index (χ2v) is 7.46. The van der Waals surface area contributed by atoms with Crippen LogP contribution in [0.3, 0.4) is 0 Å². The van der Waals surface area contributed by atoms with E-state index in [0.29, 0.717) is 5.92 Å². The summed E-state index contributed by atoms with van der Waals surface area (Å²) < 4.78 is 5.29. The fourth-order valence-electron chi connectivity index (χ4n) is 3.72. The van der Waals surface area contributed by atoms with E-state index in [1.165, 1.54) is 11.3 Å². The molecular weight excluding hydrogens is 489 g/mol. The van der Waals surface area contributed by atoms with Crippen molar-refractivity contribution in [2.24, 2.45) is 4.99 Å². The maximum absolute atomic E-state index is 6.12. The molecule has 0 saturated carbocycles. The summed E-state index contributed by atoms with van der Waals surface area (Å²) in [6, 6.07) is 8.04. The first-order valence-corrected chi connectivity index (χ1v) is 9.76. The van der Waals surface area contributed by atoms with Crippen molar-refractivity contribution in [2.75, 3.05) is 44.7 Å². The van der Waals surface area contributed by atoms with Crippen LogP contribution in [-0.2, 0) is 0 Å². The number of halogens is 2. The highest BCUT2D eigenvalue weighted by Crippen LogP contribution is 2.23. The zero-order valence-electron chi connectivity index (χ0n) is 16.9. The minimum atomic E-state index is 0. The molecule has 8 heteroatoms. The first-order chi connectivity index (χ1) is 13.0. The number of benzene rings is 1. The quantitative estimate of drug-likeness (QED) is 0.377. The predicted octanol–water partition coefficient (Wildman–Crippen LogP) is 4.06. The maximum atomic E-state index is 6.12. The van der Waals surface area contributed by atoms with E-state index in [0.717, 1.165) is 55.2 Å². The van der Waals surface area contributed by atoms with Gasteiger partial charge in [-0.1, -0.05) is 29.7 Å². The molecule has 0 spiro atoms. The number of guanidine groups is 1. The van der Waals surface area contributed by atoms with Gasteiger partial charge in [0.1, 0.15) is 5.76 Å². The normalized spacial score (nSPS) is 16.0. The van der Waals surface area contributed by atoms with Gasteiger partial charge in [-0.2, -0.15) is 0 Å². The summed E-state index contributed by atoms with van der Waals surface area (Å²) in [7, 11) is 1.84. The number of anilines is 1. The van der Waals surface area contributed by atoms with E-state index < -0.39 is 0 Å². The number of rotatable bonds is 4. The molecule has 1 N–H and O–H groups in total. The van der Waals surface area contributed by atoms with Crippen molar-refractivity contribution in [2.45, 2.75) is 26.7 Å². The highest BCUT2D eigenvalue weighted by atomic mass is 127. The summed E-state index contributed by atoms with van der Waals surface area (Å²) in [6.45, 7) is 10.7. The number of hydrogen-bond donors (Lipinski definition) is 1. The smallest absolute Gasteiger partial charge is 0.193 e. The Bertz CT molecular complexity index is 782. The second kappa shape index (κ2) is 10.3. The van der Waals surface area contributed by atoms with Crippen LogP contribution in [0.5, 0.6) is 0 Å². The molecule has 1 aromatic carbocycles. The highest BCUT2D eigenvalue weighted by Gasteiger charge is 2.21. The van der Waals surface area contributed by atoms with Crippen LogP contribution in [0.25, 0.3) is 0 Å². The van der Waals surface area contributed by atoms with Gasteiger partial charge in [0.15, 0.2) is 5.96 Å². The lowest BCUT2D eigenvalue weighted by Crippen LogP contribution is -2.53. The van der Waals surface area contributed by atoms with Crippen LogP contribution < -0.4 is 10.2 Å². The first-order valence-electron chi connectivity index (χ1n) is 9.38. The van der Waals surface area contributed by atoms with Gasteiger partial charge in [-0.3, -0.25) is 4.99 Å². The highest BCUT2D eigenvalue weighted by molar-refractivity contribution is 14.0. The van der Waals surface area contributed by atoms with Crippen LogP contribution >= 0.6 is 35.6 Å². The van der Waals surface area contributed by atoms with Crippen LogP contribution in [0.15, 0.2) is 33.8 Å². The number of piperazine rings is 1. The molecule has 1 unspecified atom stereocenters. The summed E-state index contributed by atoms with van der Waals surface area (Å²) in [5.41, 5.74) is 3.33. The fraction of sp³-hybridized carbons (Fsp3) is 0.500. The molecule has 28 heavy (non-hydrogen) atoms. The molecule has 6 nitrogen and oxygen atoms in total. The fourth-order valence-corrected chi connectivity index (χ4v) is 3.91. The van der Waals surface area contributed by atoms with Gasteiger partial charge in [-0.05, 0) is 32.0 Å². The van der Waals surface area contributed by atoms with Crippen molar-refractivity contribution in [1.82, 2.24) is 15.4 Å². The number of aromatic nitrogens is 1. The van der Waals surface area contributed by atoms with Gasteiger partial charge < -0.3 is 19.6 Å². The minimum absolute atomic E-state index is 0. The average molecular weight is 518 g/mol. The largest absolute Gasteiger partial charge is 0.368 e. The minimum Gasteiger partial charge on any atom is -0.368 e. The molecule has 1 aromatic heterocycles. The lowest BCUT2D eigenvalue weighted by molar-refractivity contribution is 0.371. The molecule has 2 heterocycles. The third-order valence-corrected chi connectivity index (χ3v) is 5.35. The van der Waals surface area contributed by atoms with Crippen molar-refractivity contribution in [3.05, 3.63) is 46.3 Å². The average Bonchev–Trinajstić information content (AvgIpc) is 3.01. The number of nitrogens with one attached hydrogen (secondary N) is 1. The molecule has 3 rings (SSSR count). The molecule has 0 amide bonds. The van der Waals surface area contributed by atoms with Gasteiger partial charge in [0.05, 0.1) is 5.69 Å². The van der Waals surface area contributed by atoms with Gasteiger partial charge in [0.2, 0.25) is 0 Å². The topological polar surface area (TPSA) is 56.9 Å². The summed E-state index contributed by atoms with van der Waals surface area (Å²) >= 11 is 6.12. The molecule has 1 aliphatic heterocycles. The van der Waals surface area contributed by atoms with Crippen LogP contribution in [0.2, 0.25) is 5.02 Å². The summed E-state index contributed by atoms with van der Waals surface area (Å²) in [4.78, 5) is 9.14. The zero-order valence-corrected chi connectivity index (χ0v) is 20.0. The molecule has 0 radical (unpaired) electrons. The number of nitrogens with zero attached hydrogens (tertiary/aromatic N) is 4. The van der Waals surface area contributed by atoms with Gasteiger partial charge in [-0.15, -0.1) is 24.0 Å². The summed E-state index contributed by atoms with van der Waals surface area (Å²) in [6.07, 6.45) is 0. The molecule has 0 aliphatic carbocycles. The van der Waals surface area contributed by atoms with E-state index >= 15 is 0 Å². The zero-order chi connectivity index (χ0) is 19.4. The van der Waals surface area contributed by atoms with Gasteiger partial charge in [0.25, 0.3) is 0 Å². The summed E-state index contributed by atoms with van der Waals surface area (Å²) in [5.74, 6) is 2.15. The number of aryl methyl sites for hydroxylation is 2. The van der Waals surface area contributed by atoms with Crippen molar-refractivity contribution in [3.63, 3.8) is 0 Å². The van der Waals surface area contributed by atoms with E-state index in [4.69, 9.17) is 16.1 Å². The monoisotopic (exact) mass is 517 g/mol. The standard InChI is InChI=1S/C20H28ClN5O.HI/c1-14(19-15(2)24-27-16(19)3)13-23-20(22-4)26-10-8-25(9-11-26)18-7-5-6-17(21)12-18;/h5-7,12,14H,8-11,13H2,1-4H3,(H,22,23);1H. The third-order valence-electron chi connectivity index (χ3n) is 5.11. The molecule has 1 saturated heterocycles. The van der Waals surface area contributed by atoms with E-state index in [-0.39, 0.29) is 24.0 Å². The lowest BCUT2D eigenvalue weighted by atomic mass is 10.00. The number of aliphatic imine (C=N–C) groups is 1. The lowest BCUT2D eigenvalue weighted by Gasteiger charge is -2.38. The Morgan fingerprint density at radius 1 is 1.29 bits per heavy atom. The van der Waals surface area contributed by atoms with Crippen LogP contribution in [0, 0.1) is 13.8 Å². The number of hydrogen-bond acceptors (Lipinski definition) is 4. The molecule has 1 atom stereocenters. The third kappa shape index (κ3) is 5.31. The molecule has 0 bridgehead atoms. The van der Waals surface area contributed by atoms with Gasteiger partial charge in [0, 0.05) is 62.0 Å². The van der Waals surface area contributed by atoms with E-state index in [9.17, 15) is 0 Å². The van der Waals surface area contributed by atoms with E-state index in [1.54, 1.807) is 0 Å². The second-order valence-electron chi connectivity index (χ2n) is 7.02. The van der Waals surface area contributed by atoms with Crippen LogP contribution in [-0.4, -0.2) is 55.8 Å². The molecule has 1 aliphatic rings. The van der Waals surface area contributed by atoms with Crippen molar-refractivity contribution >= 4 is 47.2 Å². The SMILES string of the molecule is CN=C(NCC(C)c1c(C)noc1C)N1CCN(c2cccc(Cl)c2)CC1.I. The van der Waals surface area contributed by atoms with Crippen molar-refractivity contribution < 1.29 is 4.52 Å². The first kappa shape index (κ1) is 22.8. The summed E-state index contributed by atoms with van der Waals surface area (Å²) in [5, 5.41) is 8.35. The predicted molar refractivity (Wildman–Crippen MR) is 126 cm³/mol. The Morgan fingerprint density at radius 2 is 2.00 bits per heavy atom. The van der Waals surface area contributed by atoms with Crippen LogP contribution in [0.1, 0.15) is 29.9 Å². The van der Waals surface area contributed by atoms with Crippen molar-refractivity contribution in [1.29, 1.82) is 0 Å². The Labute approximate surface area is 189 Å². The maximum Gasteiger partial charge on any atom is 0.193 e. The van der Waals surface area contributed by atoms with Crippen molar-refractivity contribution in [3.8, 4) is 0 Å². The van der Waals surface area contributed by atoms with Crippen LogP contribution in [0.4, 0.5) is 5.69 Å². The Balaban J connectivity index is 0.00000280. The molecular formula is C20H29ClIN5O. The van der Waals surface area contributed by atoms with Gasteiger partial charge in [-0.25, -0.2) is 0 Å². The van der Waals surface area contributed by atoms with Gasteiger partial charge >= 0.3 is 0 Å². The molecule has 1 fully saturated rings. The Kier molecular flexibility index (Phi) is 8.42. The molecule has 154 valence electrons. The molecule has 2 aromatic rings.